The van der Waals surface area contributed by atoms with Crippen LogP contribution in [0, 0.1) is 0 Å². The van der Waals surface area contributed by atoms with Gasteiger partial charge in [-0.25, -0.2) is 0 Å². The number of benzene rings is 1. The van der Waals surface area contributed by atoms with Crippen molar-refractivity contribution in [1.82, 2.24) is 0 Å². The third-order valence-corrected chi connectivity index (χ3v) is 8.03. The van der Waals surface area contributed by atoms with E-state index in [9.17, 15) is 26.3 Å². The number of alkyl halides is 6. The first-order chi connectivity index (χ1) is 11.8. The quantitative estimate of drug-likeness (QED) is 0.440. The number of ether oxygens (including phenoxy) is 1. The van der Waals surface area contributed by atoms with Crippen molar-refractivity contribution in [2.45, 2.75) is 37.3 Å². The zero-order valence-corrected chi connectivity index (χ0v) is 14.0. The Morgan fingerprint density at radius 1 is 0.885 bits per heavy atom. The summed E-state index contributed by atoms with van der Waals surface area (Å²) < 4.78 is 109. The second-order valence-electron chi connectivity index (χ2n) is 6.14. The van der Waals surface area contributed by atoms with E-state index in [0.717, 1.165) is 32.1 Å². The number of rotatable bonds is 0. The molecule has 26 heavy (non-hydrogen) atoms. The molecular weight excluding hydrogens is 393 g/mol. The molecule has 144 valence electrons. The van der Waals surface area contributed by atoms with Gasteiger partial charge >= 0.3 is 142 Å². The third-order valence-electron chi connectivity index (χ3n) is 4.10. The monoisotopic (exact) mass is 404 g/mol. The molecule has 3 aliphatic rings. The van der Waals surface area contributed by atoms with Gasteiger partial charge in [0.1, 0.15) is 0 Å². The van der Waals surface area contributed by atoms with Crippen LogP contribution in [0.3, 0.4) is 0 Å². The summed E-state index contributed by atoms with van der Waals surface area (Å²) in [6.45, 7) is 2.07. The number of fused-ring (bicyclic) bond motifs is 2. The molecule has 1 fully saturated rings. The first-order valence-electron chi connectivity index (χ1n) is 7.22. The van der Waals surface area contributed by atoms with E-state index in [1.165, 1.54) is 12.1 Å². The van der Waals surface area contributed by atoms with Gasteiger partial charge in [-0.3, -0.25) is 0 Å². The van der Waals surface area contributed by atoms with E-state index in [2.05, 4.69) is 4.74 Å². The van der Waals surface area contributed by atoms with E-state index in [1.807, 2.05) is 0 Å². The standard InChI is InChI=1S/C14H11F6O5P/c1-8-7-11(2)24-12(13(15,16)17,14(18,19)20)26(21-8,25-11)22-9-5-3-4-6-10(9)23-26/h3-7H,1-2H3. The van der Waals surface area contributed by atoms with Crippen molar-refractivity contribution in [3.63, 3.8) is 0 Å². The van der Waals surface area contributed by atoms with Crippen molar-refractivity contribution < 1.29 is 49.2 Å². The van der Waals surface area contributed by atoms with Crippen molar-refractivity contribution in [1.29, 1.82) is 0 Å². The van der Waals surface area contributed by atoms with Crippen molar-refractivity contribution in [2.75, 3.05) is 0 Å². The predicted molar refractivity (Wildman–Crippen MR) is 74.9 cm³/mol. The molecule has 12 heteroatoms. The minimum absolute atomic E-state index is 0.306. The second kappa shape index (κ2) is 4.40. The summed E-state index contributed by atoms with van der Waals surface area (Å²) in [7, 11) is -6.51. The maximum absolute atomic E-state index is 14.0. The zero-order chi connectivity index (χ0) is 19.3. The molecule has 0 aromatic heterocycles. The van der Waals surface area contributed by atoms with Crippen LogP contribution in [0.2, 0.25) is 0 Å². The summed E-state index contributed by atoms with van der Waals surface area (Å²) in [5.41, 5.74) is 0. The van der Waals surface area contributed by atoms with Gasteiger partial charge in [0.15, 0.2) is 0 Å². The van der Waals surface area contributed by atoms with Gasteiger partial charge in [0.25, 0.3) is 0 Å². The SMILES string of the molecule is CC1=CC2(C)OC(C(F)(F)F)(C(F)(F)F)P3(O1)(Oc1ccccc1O3)O2. The second-order valence-corrected chi connectivity index (χ2v) is 9.12. The molecule has 1 unspecified atom stereocenters. The Hall–Kier alpha value is -1.71. The molecule has 0 radical (unpaired) electrons. The average Bonchev–Trinajstić information content (AvgIpc) is 2.83. The summed E-state index contributed by atoms with van der Waals surface area (Å²) >= 11 is 0. The summed E-state index contributed by atoms with van der Waals surface area (Å²) in [5.74, 6) is -3.47. The van der Waals surface area contributed by atoms with Gasteiger partial charge in [0.05, 0.1) is 0 Å². The molecule has 3 aliphatic heterocycles. The van der Waals surface area contributed by atoms with Crippen molar-refractivity contribution >= 4 is 7.51 Å². The zero-order valence-electron chi connectivity index (χ0n) is 13.1. The van der Waals surface area contributed by atoms with E-state index in [4.69, 9.17) is 18.1 Å². The Morgan fingerprint density at radius 2 is 1.38 bits per heavy atom. The van der Waals surface area contributed by atoms with Crippen molar-refractivity contribution in [3.8, 4) is 11.5 Å². The van der Waals surface area contributed by atoms with Gasteiger partial charge in [0, 0.05) is 0 Å². The Balaban J connectivity index is 2.08. The Bertz CT molecular complexity index is 795. The van der Waals surface area contributed by atoms with Crippen LogP contribution in [0.4, 0.5) is 26.3 Å². The number of para-hydroxylation sites is 2. The summed E-state index contributed by atoms with van der Waals surface area (Å²) in [5, 5.41) is -4.96. The van der Waals surface area contributed by atoms with Crippen LogP contribution in [-0.4, -0.2) is 23.5 Å². The van der Waals surface area contributed by atoms with Crippen LogP contribution in [0.25, 0.3) is 0 Å². The molecule has 1 atom stereocenters. The fourth-order valence-corrected chi connectivity index (χ4v) is 7.54. The van der Waals surface area contributed by atoms with Crippen LogP contribution >= 0.6 is 7.51 Å². The fraction of sp³-hybridized carbons (Fsp3) is 0.429. The van der Waals surface area contributed by atoms with Crippen molar-refractivity contribution in [2.24, 2.45) is 0 Å². The minimum atomic E-state index is -6.51. The van der Waals surface area contributed by atoms with E-state index < -0.39 is 31.0 Å². The summed E-state index contributed by atoms with van der Waals surface area (Å²) in [6.07, 6.45) is -11.2. The summed E-state index contributed by atoms with van der Waals surface area (Å²) in [6, 6.07) is 5.01. The van der Waals surface area contributed by atoms with E-state index in [1.54, 1.807) is 0 Å². The van der Waals surface area contributed by atoms with E-state index in [-0.39, 0.29) is 17.3 Å². The Morgan fingerprint density at radius 3 is 1.85 bits per heavy atom. The molecule has 4 rings (SSSR count). The fourth-order valence-electron chi connectivity index (χ4n) is 3.40. The van der Waals surface area contributed by atoms with Gasteiger partial charge in [-0.1, -0.05) is 0 Å². The van der Waals surface area contributed by atoms with Gasteiger partial charge < -0.3 is 0 Å². The molecule has 1 spiro atoms. The molecule has 0 saturated carbocycles. The Labute approximate surface area is 142 Å². The molecule has 3 heterocycles. The molecular formula is C14H11F6O5P. The first kappa shape index (κ1) is 17.7. The third kappa shape index (κ3) is 1.78. The van der Waals surface area contributed by atoms with Crippen LogP contribution in [-0.2, 0) is 13.8 Å². The number of hydrogen-bond donors (Lipinski definition) is 0. The molecule has 2 bridgehead atoms. The van der Waals surface area contributed by atoms with Crippen LogP contribution in [0.1, 0.15) is 13.8 Å². The average molecular weight is 404 g/mol. The number of allylic oxidation sites excluding steroid dienone is 1. The van der Waals surface area contributed by atoms with E-state index >= 15 is 0 Å². The topological polar surface area (TPSA) is 46.2 Å². The van der Waals surface area contributed by atoms with Crippen molar-refractivity contribution in [3.05, 3.63) is 36.1 Å². The molecule has 1 aromatic carbocycles. The predicted octanol–water partition coefficient (Wildman–Crippen LogP) is 5.19. The molecule has 1 saturated heterocycles. The summed E-state index contributed by atoms with van der Waals surface area (Å²) in [4.78, 5) is 0. The van der Waals surface area contributed by atoms with Crippen LogP contribution in [0.5, 0.6) is 11.5 Å². The molecule has 1 aromatic rings. The molecule has 5 nitrogen and oxygen atoms in total. The number of hydrogen-bond acceptors (Lipinski definition) is 5. The first-order valence-corrected chi connectivity index (χ1v) is 9.13. The molecule has 0 N–H and O–H groups in total. The van der Waals surface area contributed by atoms with Gasteiger partial charge in [0.2, 0.25) is 0 Å². The van der Waals surface area contributed by atoms with Gasteiger partial charge in [-0.15, -0.1) is 0 Å². The van der Waals surface area contributed by atoms with E-state index in [0.29, 0.717) is 0 Å². The van der Waals surface area contributed by atoms with Gasteiger partial charge in [-0.05, 0) is 0 Å². The van der Waals surface area contributed by atoms with Crippen LogP contribution in [0.15, 0.2) is 36.1 Å². The normalized spacial score (nSPS) is 31.7. The maximum atomic E-state index is 14.0. The number of halogens is 6. The molecule has 0 aliphatic carbocycles. The molecule has 0 amide bonds. The van der Waals surface area contributed by atoms with Gasteiger partial charge in [-0.2, -0.15) is 0 Å². The Kier molecular flexibility index (Phi) is 2.99. The van der Waals surface area contributed by atoms with Crippen LogP contribution < -0.4 is 9.05 Å².